The molecule has 2 saturated heterocycles. The van der Waals surface area contributed by atoms with Crippen LogP contribution in [0.1, 0.15) is 51.9 Å². The van der Waals surface area contributed by atoms with Crippen LogP contribution in [0.3, 0.4) is 0 Å². The number of unbranched alkanes of at least 4 members (excludes halogenated alkanes) is 3. The fourth-order valence-corrected chi connectivity index (χ4v) is 9.51. The van der Waals surface area contributed by atoms with E-state index in [9.17, 15) is 19.5 Å². The molecule has 0 radical (unpaired) electrons. The summed E-state index contributed by atoms with van der Waals surface area (Å²) in [5, 5.41) is 11.4. The number of anilines is 1. The standard InChI is InChI=1S/C34H40N2O5S/c1-33-17-8-2-5-11-22-41-32(40)28(33)27-30(38)36(19-9-3-4-10-21-37)29-31(39)35(20-12-18-34(27,29)42-33)26-16-15-24-13-6-7-14-25(24)23-26/h6-8,12-18,23,27-29,37H,2-5,9-11,19-22H2,1H3/b17-8-/t27-,28+,29?,33-,34-/m0/s1. The molecular weight excluding hydrogens is 548 g/mol. The van der Waals surface area contributed by atoms with E-state index >= 15 is 0 Å². The third-order valence-corrected chi connectivity index (χ3v) is 11.1. The predicted octanol–water partition coefficient (Wildman–Crippen LogP) is 5.27. The maximum atomic E-state index is 14.7. The van der Waals surface area contributed by atoms with E-state index in [-0.39, 0.29) is 24.4 Å². The van der Waals surface area contributed by atoms with Gasteiger partial charge in [-0.25, -0.2) is 0 Å². The molecule has 2 fully saturated rings. The summed E-state index contributed by atoms with van der Waals surface area (Å²) in [5.41, 5.74) is 0.798. The monoisotopic (exact) mass is 588 g/mol. The first-order valence-electron chi connectivity index (χ1n) is 15.3. The number of cyclic esters (lactones) is 1. The number of carbonyl (C=O) groups excluding carboxylic acids is 3. The minimum Gasteiger partial charge on any atom is -0.465 e. The second-order valence-corrected chi connectivity index (χ2v) is 13.9. The molecule has 0 saturated carbocycles. The van der Waals surface area contributed by atoms with Gasteiger partial charge < -0.3 is 19.6 Å². The first-order valence-corrected chi connectivity index (χ1v) is 16.1. The lowest BCUT2D eigenvalue weighted by atomic mass is 9.74. The van der Waals surface area contributed by atoms with E-state index < -0.39 is 27.4 Å². The summed E-state index contributed by atoms with van der Waals surface area (Å²) in [4.78, 5) is 46.5. The van der Waals surface area contributed by atoms with Crippen LogP contribution in [0.4, 0.5) is 5.69 Å². The molecule has 7 nitrogen and oxygen atoms in total. The number of nitrogens with zero attached hydrogens (tertiary/aromatic N) is 2. The first-order chi connectivity index (χ1) is 20.4. The second-order valence-electron chi connectivity index (χ2n) is 12.1. The van der Waals surface area contributed by atoms with Crippen molar-refractivity contribution < 1.29 is 24.2 Å². The van der Waals surface area contributed by atoms with E-state index in [1.165, 1.54) is 0 Å². The summed E-state index contributed by atoms with van der Waals surface area (Å²) in [6, 6.07) is 13.4. The van der Waals surface area contributed by atoms with E-state index in [0.717, 1.165) is 61.4 Å². The average molecular weight is 589 g/mol. The molecule has 4 aliphatic heterocycles. The van der Waals surface area contributed by atoms with Crippen LogP contribution < -0.4 is 4.90 Å². The van der Waals surface area contributed by atoms with Gasteiger partial charge in [0.05, 0.1) is 23.2 Å². The highest BCUT2D eigenvalue weighted by Gasteiger charge is 2.73. The van der Waals surface area contributed by atoms with Crippen LogP contribution in [0.2, 0.25) is 0 Å². The molecule has 222 valence electrons. The number of esters is 1. The zero-order valence-corrected chi connectivity index (χ0v) is 25.1. The van der Waals surface area contributed by atoms with Gasteiger partial charge in [0.1, 0.15) is 6.04 Å². The number of allylic oxidation sites excluding steroid dienone is 1. The number of hydrogen-bond acceptors (Lipinski definition) is 6. The summed E-state index contributed by atoms with van der Waals surface area (Å²) in [6.45, 7) is 3.35. The van der Waals surface area contributed by atoms with Gasteiger partial charge in [-0.1, -0.05) is 67.5 Å². The van der Waals surface area contributed by atoms with Gasteiger partial charge in [-0.3, -0.25) is 14.4 Å². The lowest BCUT2D eigenvalue weighted by molar-refractivity contribution is -0.154. The lowest BCUT2D eigenvalue weighted by Gasteiger charge is -2.37. The molecule has 8 heteroatoms. The van der Waals surface area contributed by atoms with Crippen molar-refractivity contribution >= 4 is 46.0 Å². The van der Waals surface area contributed by atoms with Crippen LogP contribution in [0.25, 0.3) is 10.8 Å². The number of ether oxygens (including phenoxy) is 1. The molecule has 6 rings (SSSR count). The molecule has 4 heterocycles. The Labute approximate surface area is 252 Å². The van der Waals surface area contributed by atoms with Crippen LogP contribution in [-0.4, -0.2) is 69.6 Å². The smallest absolute Gasteiger partial charge is 0.311 e. The van der Waals surface area contributed by atoms with Crippen LogP contribution >= 0.6 is 11.8 Å². The number of amides is 2. The Morgan fingerprint density at radius 3 is 2.57 bits per heavy atom. The van der Waals surface area contributed by atoms with Crippen molar-refractivity contribution in [2.75, 3.05) is 31.2 Å². The number of carbonyl (C=O) groups is 3. The minimum absolute atomic E-state index is 0.112. The molecule has 2 amide bonds. The average Bonchev–Trinajstić information content (AvgIpc) is 3.31. The van der Waals surface area contributed by atoms with Gasteiger partial charge in [0.15, 0.2) is 0 Å². The van der Waals surface area contributed by atoms with Gasteiger partial charge in [0, 0.05) is 30.1 Å². The SMILES string of the molecule is C[C@]12/C=C\CCCCOC(=O)[C@H]1[C@H]1C(=O)N(CCCCCCO)C3C(=O)N(c4ccc5ccccc5c4)CC=C[C@@]31S2. The van der Waals surface area contributed by atoms with Crippen molar-refractivity contribution in [1.82, 2.24) is 4.90 Å². The zero-order chi connectivity index (χ0) is 29.3. The molecule has 0 aliphatic carbocycles. The highest BCUT2D eigenvalue weighted by molar-refractivity contribution is 8.02. The number of aliphatic hydroxyl groups excluding tert-OH is 1. The minimum atomic E-state index is -0.887. The van der Waals surface area contributed by atoms with Crippen LogP contribution in [-0.2, 0) is 19.1 Å². The Kier molecular flexibility index (Phi) is 8.20. The summed E-state index contributed by atoms with van der Waals surface area (Å²) in [6.07, 6.45) is 14.1. The fraction of sp³-hybridized carbons (Fsp3) is 0.500. The van der Waals surface area contributed by atoms with E-state index in [4.69, 9.17) is 4.74 Å². The van der Waals surface area contributed by atoms with Crippen LogP contribution in [0.5, 0.6) is 0 Å². The number of benzene rings is 2. The Bertz CT molecular complexity index is 1420. The number of rotatable bonds is 7. The molecule has 4 aliphatic rings. The topological polar surface area (TPSA) is 87.1 Å². The second kappa shape index (κ2) is 11.9. The van der Waals surface area contributed by atoms with Gasteiger partial charge in [-0.15, -0.1) is 11.8 Å². The summed E-state index contributed by atoms with van der Waals surface area (Å²) < 4.78 is 4.22. The number of fused-ring (bicyclic) bond motifs is 3. The Hall–Kier alpha value is -3.10. The largest absolute Gasteiger partial charge is 0.465 e. The maximum absolute atomic E-state index is 14.7. The molecule has 2 aromatic rings. The van der Waals surface area contributed by atoms with Gasteiger partial charge in [0.25, 0.3) is 5.91 Å². The fourth-order valence-electron chi connectivity index (χ4n) is 7.36. The van der Waals surface area contributed by atoms with Crippen molar-refractivity contribution in [2.24, 2.45) is 11.8 Å². The number of aliphatic hydroxyl groups is 1. The van der Waals surface area contributed by atoms with E-state index in [1.54, 1.807) is 21.6 Å². The molecule has 1 N–H and O–H groups in total. The summed E-state index contributed by atoms with van der Waals surface area (Å²) in [7, 11) is 0. The predicted molar refractivity (Wildman–Crippen MR) is 166 cm³/mol. The van der Waals surface area contributed by atoms with Crippen molar-refractivity contribution in [3.63, 3.8) is 0 Å². The normalized spacial score (nSPS) is 31.9. The molecular formula is C34H40N2O5S. The Morgan fingerprint density at radius 2 is 1.74 bits per heavy atom. The number of hydrogen-bond donors (Lipinski definition) is 1. The number of thioether (sulfide) groups is 1. The summed E-state index contributed by atoms with van der Waals surface area (Å²) in [5.74, 6) is -1.96. The third-order valence-electron chi connectivity index (χ3n) is 9.35. The van der Waals surface area contributed by atoms with Gasteiger partial charge >= 0.3 is 5.97 Å². The van der Waals surface area contributed by atoms with Crippen molar-refractivity contribution in [2.45, 2.75) is 67.4 Å². The molecule has 2 aromatic carbocycles. The van der Waals surface area contributed by atoms with Crippen molar-refractivity contribution in [3.8, 4) is 0 Å². The van der Waals surface area contributed by atoms with Gasteiger partial charge in [-0.2, -0.15) is 0 Å². The van der Waals surface area contributed by atoms with Gasteiger partial charge in [0.2, 0.25) is 5.91 Å². The molecule has 5 atom stereocenters. The van der Waals surface area contributed by atoms with Crippen molar-refractivity contribution in [3.05, 3.63) is 66.8 Å². The molecule has 0 bridgehead atoms. The van der Waals surface area contributed by atoms with Gasteiger partial charge in [-0.05, 0) is 61.9 Å². The molecule has 42 heavy (non-hydrogen) atoms. The van der Waals surface area contributed by atoms with E-state index in [0.29, 0.717) is 19.7 Å². The molecule has 1 unspecified atom stereocenters. The van der Waals surface area contributed by atoms with Crippen LogP contribution in [0.15, 0.2) is 66.8 Å². The Balaban J connectivity index is 1.42. The van der Waals surface area contributed by atoms with Crippen molar-refractivity contribution in [1.29, 1.82) is 0 Å². The summed E-state index contributed by atoms with van der Waals surface area (Å²) >= 11 is 1.60. The molecule has 1 spiro atoms. The molecule has 0 aromatic heterocycles. The third kappa shape index (κ3) is 4.96. The quantitative estimate of drug-likeness (QED) is 0.270. The number of likely N-dealkylation sites (tertiary alicyclic amines) is 1. The first kappa shape index (κ1) is 29.0. The van der Waals surface area contributed by atoms with E-state index in [1.807, 2.05) is 49.4 Å². The Morgan fingerprint density at radius 1 is 0.929 bits per heavy atom. The lowest BCUT2D eigenvalue weighted by Crippen LogP contribution is -2.53. The highest BCUT2D eigenvalue weighted by atomic mass is 32.2. The maximum Gasteiger partial charge on any atom is 0.311 e. The highest BCUT2D eigenvalue weighted by Crippen LogP contribution is 2.65. The zero-order valence-electron chi connectivity index (χ0n) is 24.2. The van der Waals surface area contributed by atoms with E-state index in [2.05, 4.69) is 24.3 Å². The van der Waals surface area contributed by atoms with Crippen LogP contribution in [0, 0.1) is 11.8 Å².